The number of carboxylic acids is 1. The second-order valence-corrected chi connectivity index (χ2v) is 6.51. The van der Waals surface area contributed by atoms with Crippen LogP contribution in [-0.2, 0) is 28.8 Å². The molecule has 0 aliphatic rings. The van der Waals surface area contributed by atoms with Gasteiger partial charge >= 0.3 is 5.97 Å². The third-order valence-electron chi connectivity index (χ3n) is 3.85. The van der Waals surface area contributed by atoms with E-state index in [0.29, 0.717) is 32.2 Å². The van der Waals surface area contributed by atoms with Gasteiger partial charge in [-0.3, -0.25) is 28.8 Å². The zero-order chi connectivity index (χ0) is 30.9. The molecule has 0 aromatic carbocycles. The standard InChI is InChI=1S/C17H32N6O6.3C2H6.CH2O2/c1-11(16(28)21-10-15(26)27)22-17(29)12(5-2-3-7-18)23-13(24)6-4-8-20-14(25)9-19;3*1-2;2-1-3/h11-12H,2-10,18-19H2,1H3,(H,20,25)(H,21,28)(H,22,29)(H,23,24)(H,26,27);3*1-2H3;1H,(H,2,3)/t11-,12+;;;;/m1..../s1. The van der Waals surface area contributed by atoms with Gasteiger partial charge in [0.15, 0.2) is 0 Å². The number of unbranched alkanes of at least 4 members (excludes halogenated alkanes) is 1. The molecule has 0 saturated carbocycles. The molecule has 14 nitrogen and oxygen atoms in total. The summed E-state index contributed by atoms with van der Waals surface area (Å²) in [5.74, 6) is -3.10. The molecule has 0 saturated heterocycles. The maximum atomic E-state index is 12.5. The smallest absolute Gasteiger partial charge is 0.322 e. The van der Waals surface area contributed by atoms with Gasteiger partial charge in [-0.15, -0.1) is 0 Å². The monoisotopic (exact) mass is 552 g/mol. The lowest BCUT2D eigenvalue weighted by Gasteiger charge is -2.21. The number of carboxylic acid groups (broad SMARTS) is 2. The average Bonchev–Trinajstić information content (AvgIpc) is 2.92. The molecule has 0 heterocycles. The van der Waals surface area contributed by atoms with Crippen molar-refractivity contribution in [2.45, 2.75) is 92.7 Å². The Labute approximate surface area is 227 Å². The minimum Gasteiger partial charge on any atom is -0.483 e. The van der Waals surface area contributed by atoms with Gasteiger partial charge < -0.3 is 42.9 Å². The summed E-state index contributed by atoms with van der Waals surface area (Å²) in [6.07, 6.45) is 2.07. The fourth-order valence-corrected chi connectivity index (χ4v) is 2.27. The first-order chi connectivity index (χ1) is 18.1. The molecule has 0 fully saturated rings. The minimum atomic E-state index is -1.20. The number of aliphatic carboxylic acids is 1. The first kappa shape index (κ1) is 44.7. The van der Waals surface area contributed by atoms with Gasteiger partial charge in [-0.05, 0) is 39.2 Å². The summed E-state index contributed by atoms with van der Waals surface area (Å²) >= 11 is 0. The van der Waals surface area contributed by atoms with Gasteiger partial charge in [-0.25, -0.2) is 0 Å². The number of rotatable bonds is 15. The van der Waals surface area contributed by atoms with Crippen molar-refractivity contribution < 1.29 is 39.0 Å². The summed E-state index contributed by atoms with van der Waals surface area (Å²) < 4.78 is 0. The normalized spacial score (nSPS) is 10.2. The van der Waals surface area contributed by atoms with Crippen LogP contribution in [0.4, 0.5) is 0 Å². The lowest BCUT2D eigenvalue weighted by molar-refractivity contribution is -0.138. The zero-order valence-electron chi connectivity index (χ0n) is 24.1. The van der Waals surface area contributed by atoms with Crippen molar-refractivity contribution >= 4 is 36.1 Å². The van der Waals surface area contributed by atoms with Crippen molar-refractivity contribution in [1.82, 2.24) is 21.3 Å². The largest absolute Gasteiger partial charge is 0.483 e. The topological polar surface area (TPSA) is 243 Å². The predicted molar refractivity (Wildman–Crippen MR) is 147 cm³/mol. The van der Waals surface area contributed by atoms with Crippen LogP contribution in [0.25, 0.3) is 0 Å². The van der Waals surface area contributed by atoms with E-state index in [9.17, 15) is 24.0 Å². The third-order valence-corrected chi connectivity index (χ3v) is 3.85. The second kappa shape index (κ2) is 35.9. The van der Waals surface area contributed by atoms with Crippen LogP contribution >= 0.6 is 0 Å². The molecule has 0 aromatic rings. The molecule has 0 radical (unpaired) electrons. The summed E-state index contributed by atoms with van der Waals surface area (Å²) in [6, 6.07) is -1.83. The Balaban J connectivity index is -0.000000358. The highest BCUT2D eigenvalue weighted by molar-refractivity contribution is 5.92. The maximum absolute atomic E-state index is 12.5. The molecule has 4 amide bonds. The van der Waals surface area contributed by atoms with Crippen molar-refractivity contribution in [2.75, 3.05) is 26.2 Å². The molecule has 10 N–H and O–H groups in total. The number of nitrogens with two attached hydrogens (primary N) is 2. The van der Waals surface area contributed by atoms with E-state index >= 15 is 0 Å². The number of hydrogen-bond donors (Lipinski definition) is 8. The summed E-state index contributed by atoms with van der Waals surface area (Å²) in [7, 11) is 0. The fourth-order valence-electron chi connectivity index (χ4n) is 2.27. The summed E-state index contributed by atoms with van der Waals surface area (Å²) in [4.78, 5) is 66.3. The summed E-state index contributed by atoms with van der Waals surface area (Å²) in [6.45, 7) is 13.2. The van der Waals surface area contributed by atoms with Gasteiger partial charge in [0, 0.05) is 13.0 Å². The highest BCUT2D eigenvalue weighted by Crippen LogP contribution is 2.03. The lowest BCUT2D eigenvalue weighted by atomic mass is 10.1. The van der Waals surface area contributed by atoms with Gasteiger partial charge in [0.1, 0.15) is 18.6 Å². The molecule has 0 aliphatic carbocycles. The van der Waals surface area contributed by atoms with Gasteiger partial charge in [0.2, 0.25) is 23.6 Å². The minimum absolute atomic E-state index is 0.0974. The van der Waals surface area contributed by atoms with Crippen LogP contribution < -0.4 is 32.7 Å². The van der Waals surface area contributed by atoms with Crippen LogP contribution in [0.3, 0.4) is 0 Å². The Hall–Kier alpha value is -3.26. The summed E-state index contributed by atoms with van der Waals surface area (Å²) in [5, 5.41) is 25.3. The molecule has 0 bridgehead atoms. The third kappa shape index (κ3) is 32.7. The van der Waals surface area contributed by atoms with Gasteiger partial charge in [-0.2, -0.15) is 0 Å². The quantitative estimate of drug-likeness (QED) is 0.0993. The fraction of sp³-hybridized carbons (Fsp3) is 0.750. The predicted octanol–water partition coefficient (Wildman–Crippen LogP) is -0.0598. The Morgan fingerprint density at radius 3 is 1.79 bits per heavy atom. The van der Waals surface area contributed by atoms with E-state index in [1.807, 2.05) is 41.5 Å². The Morgan fingerprint density at radius 1 is 0.816 bits per heavy atom. The molecule has 0 unspecified atom stereocenters. The molecule has 226 valence electrons. The van der Waals surface area contributed by atoms with Crippen molar-refractivity contribution in [3.63, 3.8) is 0 Å². The van der Waals surface area contributed by atoms with E-state index in [2.05, 4.69) is 21.3 Å². The van der Waals surface area contributed by atoms with Crippen LogP contribution in [0.5, 0.6) is 0 Å². The van der Waals surface area contributed by atoms with Crippen LogP contribution in [0, 0.1) is 0 Å². The van der Waals surface area contributed by atoms with Crippen molar-refractivity contribution in [1.29, 1.82) is 0 Å². The number of carbonyl (C=O) groups is 6. The average molecular weight is 553 g/mol. The van der Waals surface area contributed by atoms with Crippen LogP contribution in [0.15, 0.2) is 0 Å². The molecule has 0 aromatic heterocycles. The van der Waals surface area contributed by atoms with E-state index in [0.717, 1.165) is 0 Å². The lowest BCUT2D eigenvalue weighted by Crippen LogP contribution is -2.53. The van der Waals surface area contributed by atoms with Gasteiger partial charge in [0.25, 0.3) is 6.47 Å². The zero-order valence-corrected chi connectivity index (χ0v) is 24.1. The molecule has 0 spiro atoms. The SMILES string of the molecule is CC.CC.CC.C[C@@H](NC(=O)[C@H](CCCCN)NC(=O)CCCNC(=O)CN)C(=O)NCC(=O)O.O=CO. The number of nitrogens with one attached hydrogen (secondary N) is 4. The number of amides is 4. The Kier molecular flexibility index (Phi) is 42.2. The molecule has 0 rings (SSSR count). The number of carbonyl (C=O) groups excluding carboxylic acids is 4. The molecule has 2 atom stereocenters. The van der Waals surface area contributed by atoms with E-state index in [1.165, 1.54) is 6.92 Å². The van der Waals surface area contributed by atoms with Crippen LogP contribution in [-0.4, -0.2) is 84.5 Å². The van der Waals surface area contributed by atoms with E-state index in [-0.39, 0.29) is 37.8 Å². The highest BCUT2D eigenvalue weighted by Gasteiger charge is 2.24. The number of hydrogen-bond acceptors (Lipinski definition) is 8. The molecular weight excluding hydrogens is 500 g/mol. The second-order valence-electron chi connectivity index (χ2n) is 6.51. The van der Waals surface area contributed by atoms with Crippen LogP contribution in [0.2, 0.25) is 0 Å². The van der Waals surface area contributed by atoms with E-state index in [4.69, 9.17) is 26.5 Å². The molecule has 0 aliphatic heterocycles. The molecule has 14 heteroatoms. The summed E-state index contributed by atoms with van der Waals surface area (Å²) in [5.41, 5.74) is 10.6. The van der Waals surface area contributed by atoms with Crippen LogP contribution in [0.1, 0.15) is 80.6 Å². The van der Waals surface area contributed by atoms with Gasteiger partial charge in [0.05, 0.1) is 6.54 Å². The molecule has 38 heavy (non-hydrogen) atoms. The Morgan fingerprint density at radius 2 is 1.34 bits per heavy atom. The van der Waals surface area contributed by atoms with Gasteiger partial charge in [-0.1, -0.05) is 41.5 Å². The first-order valence-electron chi connectivity index (χ1n) is 13.0. The maximum Gasteiger partial charge on any atom is 0.322 e. The van der Waals surface area contributed by atoms with E-state index in [1.54, 1.807) is 0 Å². The van der Waals surface area contributed by atoms with Crippen molar-refractivity contribution in [2.24, 2.45) is 11.5 Å². The van der Waals surface area contributed by atoms with E-state index < -0.39 is 36.4 Å². The molecular formula is C24H52N6O8. The first-order valence-corrected chi connectivity index (χ1v) is 13.0. The highest BCUT2D eigenvalue weighted by atomic mass is 16.4. The van der Waals surface area contributed by atoms with Crippen molar-refractivity contribution in [3.8, 4) is 0 Å². The van der Waals surface area contributed by atoms with Crippen molar-refractivity contribution in [3.05, 3.63) is 0 Å². The Bertz CT molecular complexity index is 621.